The molecule has 0 saturated carbocycles. The summed E-state index contributed by atoms with van der Waals surface area (Å²) in [7, 11) is 0. The van der Waals surface area contributed by atoms with E-state index in [1.807, 2.05) is 0 Å². The van der Waals surface area contributed by atoms with Gasteiger partial charge in [0.2, 0.25) is 11.7 Å². The molecule has 2 aromatic heterocycles. The standard InChI is InChI=1S/C13H13N3O4/c17-12-8-16(5-2-4-14-12)13(18)9-7-11(20-15-9)10-3-1-6-19-10/h1,3,6-7H,2,4-5,8H2,(H,14,17). The van der Waals surface area contributed by atoms with Crippen LogP contribution in [-0.4, -0.2) is 41.5 Å². The first-order chi connectivity index (χ1) is 9.74. The van der Waals surface area contributed by atoms with Crippen molar-refractivity contribution in [2.24, 2.45) is 0 Å². The van der Waals surface area contributed by atoms with Crippen molar-refractivity contribution in [3.05, 3.63) is 30.2 Å². The van der Waals surface area contributed by atoms with E-state index < -0.39 is 0 Å². The van der Waals surface area contributed by atoms with Crippen LogP contribution in [0.15, 0.2) is 33.4 Å². The zero-order valence-electron chi connectivity index (χ0n) is 10.7. The van der Waals surface area contributed by atoms with Gasteiger partial charge in [0.05, 0.1) is 12.8 Å². The third-order valence-electron chi connectivity index (χ3n) is 3.04. The quantitative estimate of drug-likeness (QED) is 0.879. The lowest BCUT2D eigenvalue weighted by Crippen LogP contribution is -2.37. The molecule has 1 N–H and O–H groups in total. The number of carbonyl (C=O) groups excluding carboxylic acids is 2. The van der Waals surface area contributed by atoms with Crippen molar-refractivity contribution in [1.29, 1.82) is 0 Å². The highest BCUT2D eigenvalue weighted by Gasteiger charge is 2.24. The third kappa shape index (κ3) is 2.42. The fourth-order valence-electron chi connectivity index (χ4n) is 2.05. The van der Waals surface area contributed by atoms with Crippen LogP contribution in [0, 0.1) is 0 Å². The summed E-state index contributed by atoms with van der Waals surface area (Å²) in [6.07, 6.45) is 2.23. The Hall–Kier alpha value is -2.57. The average Bonchev–Trinajstić information content (AvgIpc) is 3.07. The fourth-order valence-corrected chi connectivity index (χ4v) is 2.05. The van der Waals surface area contributed by atoms with E-state index >= 15 is 0 Å². The number of carbonyl (C=O) groups is 2. The van der Waals surface area contributed by atoms with Crippen LogP contribution in [0.4, 0.5) is 0 Å². The van der Waals surface area contributed by atoms with Gasteiger partial charge in [-0.15, -0.1) is 0 Å². The second-order valence-corrected chi connectivity index (χ2v) is 4.48. The van der Waals surface area contributed by atoms with Gasteiger partial charge >= 0.3 is 0 Å². The van der Waals surface area contributed by atoms with Crippen molar-refractivity contribution in [1.82, 2.24) is 15.4 Å². The van der Waals surface area contributed by atoms with Crippen LogP contribution in [0.5, 0.6) is 0 Å². The Balaban J connectivity index is 1.78. The molecular formula is C13H13N3O4. The maximum Gasteiger partial charge on any atom is 0.276 e. The summed E-state index contributed by atoms with van der Waals surface area (Å²) in [4.78, 5) is 25.2. The first-order valence-corrected chi connectivity index (χ1v) is 6.30. The van der Waals surface area contributed by atoms with Gasteiger partial charge in [-0.1, -0.05) is 5.16 Å². The molecule has 0 bridgehead atoms. The Labute approximate surface area is 114 Å². The smallest absolute Gasteiger partial charge is 0.276 e. The van der Waals surface area contributed by atoms with Crippen LogP contribution in [-0.2, 0) is 4.79 Å². The molecule has 0 atom stereocenters. The zero-order valence-corrected chi connectivity index (χ0v) is 10.7. The van der Waals surface area contributed by atoms with E-state index in [1.165, 1.54) is 17.2 Å². The second-order valence-electron chi connectivity index (χ2n) is 4.48. The zero-order chi connectivity index (χ0) is 13.9. The molecule has 2 aromatic rings. The molecule has 0 unspecified atom stereocenters. The molecule has 0 radical (unpaired) electrons. The van der Waals surface area contributed by atoms with Crippen molar-refractivity contribution >= 4 is 11.8 Å². The molecule has 1 fully saturated rings. The number of rotatable bonds is 2. The predicted molar refractivity (Wildman–Crippen MR) is 67.7 cm³/mol. The van der Waals surface area contributed by atoms with Crippen molar-refractivity contribution in [2.45, 2.75) is 6.42 Å². The maximum atomic E-state index is 12.3. The van der Waals surface area contributed by atoms with Gasteiger partial charge < -0.3 is 19.2 Å². The highest BCUT2D eigenvalue weighted by atomic mass is 16.5. The summed E-state index contributed by atoms with van der Waals surface area (Å²) in [5.74, 6) is 0.414. The Morgan fingerprint density at radius 3 is 3.10 bits per heavy atom. The normalized spacial score (nSPS) is 15.8. The fraction of sp³-hybridized carbons (Fsp3) is 0.308. The van der Waals surface area contributed by atoms with E-state index in [9.17, 15) is 9.59 Å². The molecular weight excluding hydrogens is 262 g/mol. The molecule has 3 heterocycles. The number of nitrogens with one attached hydrogen (secondary N) is 1. The lowest BCUT2D eigenvalue weighted by atomic mass is 10.3. The van der Waals surface area contributed by atoms with Gasteiger partial charge in [-0.3, -0.25) is 9.59 Å². The van der Waals surface area contributed by atoms with E-state index in [-0.39, 0.29) is 24.1 Å². The lowest BCUT2D eigenvalue weighted by molar-refractivity contribution is -0.121. The van der Waals surface area contributed by atoms with Crippen molar-refractivity contribution < 1.29 is 18.5 Å². The summed E-state index contributed by atoms with van der Waals surface area (Å²) in [6, 6.07) is 4.95. The number of nitrogens with zero attached hydrogens (tertiary/aromatic N) is 2. The van der Waals surface area contributed by atoms with Gasteiger partial charge in [-0.25, -0.2) is 0 Å². The first kappa shape index (κ1) is 12.5. The van der Waals surface area contributed by atoms with Crippen molar-refractivity contribution in [3.8, 4) is 11.5 Å². The summed E-state index contributed by atoms with van der Waals surface area (Å²) < 4.78 is 10.3. The summed E-state index contributed by atoms with van der Waals surface area (Å²) in [6.45, 7) is 1.14. The topological polar surface area (TPSA) is 88.6 Å². The largest absolute Gasteiger partial charge is 0.461 e. The van der Waals surface area contributed by atoms with E-state index in [0.29, 0.717) is 24.6 Å². The van der Waals surface area contributed by atoms with Gasteiger partial charge in [0, 0.05) is 19.2 Å². The van der Waals surface area contributed by atoms with Crippen LogP contribution in [0.1, 0.15) is 16.9 Å². The van der Waals surface area contributed by atoms with Crippen molar-refractivity contribution in [2.75, 3.05) is 19.6 Å². The molecule has 3 rings (SSSR count). The van der Waals surface area contributed by atoms with Gasteiger partial charge in [0.25, 0.3) is 5.91 Å². The summed E-state index contributed by atoms with van der Waals surface area (Å²) in [5, 5.41) is 6.46. The van der Waals surface area contributed by atoms with E-state index in [2.05, 4.69) is 10.5 Å². The molecule has 104 valence electrons. The number of hydrogen-bond acceptors (Lipinski definition) is 5. The molecule has 0 spiro atoms. The number of aromatic nitrogens is 1. The van der Waals surface area contributed by atoms with Gasteiger partial charge in [0.1, 0.15) is 0 Å². The van der Waals surface area contributed by atoms with E-state index in [1.54, 1.807) is 12.1 Å². The van der Waals surface area contributed by atoms with E-state index in [0.717, 1.165) is 6.42 Å². The average molecular weight is 275 g/mol. The molecule has 1 aliphatic rings. The van der Waals surface area contributed by atoms with Crippen molar-refractivity contribution in [3.63, 3.8) is 0 Å². The molecule has 20 heavy (non-hydrogen) atoms. The Morgan fingerprint density at radius 1 is 1.40 bits per heavy atom. The Kier molecular flexibility index (Phi) is 3.24. The highest BCUT2D eigenvalue weighted by Crippen LogP contribution is 2.21. The second kappa shape index (κ2) is 5.20. The first-order valence-electron chi connectivity index (χ1n) is 6.30. The molecule has 7 heteroatoms. The number of hydrogen-bond donors (Lipinski definition) is 1. The Morgan fingerprint density at radius 2 is 2.30 bits per heavy atom. The minimum atomic E-state index is -0.316. The molecule has 0 aromatic carbocycles. The van der Waals surface area contributed by atoms with E-state index in [4.69, 9.17) is 8.94 Å². The predicted octanol–water partition coefficient (Wildman–Crippen LogP) is 0.897. The highest BCUT2D eigenvalue weighted by molar-refractivity contribution is 5.95. The van der Waals surface area contributed by atoms with Gasteiger partial charge in [-0.05, 0) is 18.6 Å². The number of furan rings is 1. The molecule has 2 amide bonds. The minimum Gasteiger partial charge on any atom is -0.461 e. The van der Waals surface area contributed by atoms with Crippen LogP contribution in [0.2, 0.25) is 0 Å². The third-order valence-corrected chi connectivity index (χ3v) is 3.04. The SMILES string of the molecule is O=C1CN(C(=O)c2cc(-c3ccco3)on2)CCCN1. The maximum absolute atomic E-state index is 12.3. The van der Waals surface area contributed by atoms with Crippen LogP contribution in [0.25, 0.3) is 11.5 Å². The van der Waals surface area contributed by atoms with Crippen LogP contribution in [0.3, 0.4) is 0 Å². The number of amides is 2. The molecule has 1 saturated heterocycles. The molecule has 0 aliphatic carbocycles. The van der Waals surface area contributed by atoms with Crippen LogP contribution < -0.4 is 5.32 Å². The molecule has 1 aliphatic heterocycles. The summed E-state index contributed by atoms with van der Waals surface area (Å²) in [5.41, 5.74) is 0.172. The van der Waals surface area contributed by atoms with Gasteiger partial charge in [0.15, 0.2) is 11.5 Å². The Bertz CT molecular complexity index is 617. The minimum absolute atomic E-state index is 0.0434. The monoisotopic (exact) mass is 275 g/mol. The lowest BCUT2D eigenvalue weighted by Gasteiger charge is -2.16. The van der Waals surface area contributed by atoms with Gasteiger partial charge in [-0.2, -0.15) is 0 Å². The molecule has 7 nitrogen and oxygen atoms in total. The van der Waals surface area contributed by atoms with Crippen LogP contribution >= 0.6 is 0 Å². The summed E-state index contributed by atoms with van der Waals surface area (Å²) >= 11 is 0.